The monoisotopic (exact) mass is 183 g/mol. The maximum atomic E-state index is 12.7. The highest BCUT2D eigenvalue weighted by molar-refractivity contribution is 7.91. The number of rotatable bonds is 2. The SMILES string of the molecule is O=C(O)NS(=O)(=O)C1(F)CC1. The van der Waals surface area contributed by atoms with E-state index in [0.717, 1.165) is 4.72 Å². The first kappa shape index (κ1) is 8.25. The van der Waals surface area contributed by atoms with E-state index in [1.54, 1.807) is 0 Å². The Bertz CT molecular complexity index is 280. The number of halogens is 1. The van der Waals surface area contributed by atoms with Crippen LogP contribution < -0.4 is 4.72 Å². The molecule has 1 fully saturated rings. The molecule has 1 saturated carbocycles. The highest BCUT2D eigenvalue weighted by Gasteiger charge is 2.56. The highest BCUT2D eigenvalue weighted by Crippen LogP contribution is 2.44. The van der Waals surface area contributed by atoms with E-state index in [2.05, 4.69) is 0 Å². The molecule has 0 saturated heterocycles. The lowest BCUT2D eigenvalue weighted by molar-refractivity contribution is 0.200. The zero-order valence-electron chi connectivity index (χ0n) is 5.37. The molecule has 0 radical (unpaired) electrons. The number of amides is 1. The molecular formula is C4H6FNO4S. The van der Waals surface area contributed by atoms with E-state index >= 15 is 0 Å². The summed E-state index contributed by atoms with van der Waals surface area (Å²) >= 11 is 0. The predicted octanol–water partition coefficient (Wildman–Crippen LogP) is 0.0434. The summed E-state index contributed by atoms with van der Waals surface area (Å²) in [5.41, 5.74) is 0. The molecule has 1 aliphatic rings. The van der Waals surface area contributed by atoms with Crippen LogP contribution in [0.25, 0.3) is 0 Å². The van der Waals surface area contributed by atoms with Gasteiger partial charge in [0, 0.05) is 12.8 Å². The number of nitrogens with one attached hydrogen (secondary N) is 1. The lowest BCUT2D eigenvalue weighted by atomic mass is 10.9. The van der Waals surface area contributed by atoms with E-state index in [1.165, 1.54) is 0 Å². The third kappa shape index (κ3) is 1.42. The number of carbonyl (C=O) groups is 1. The Balaban J connectivity index is 2.76. The molecule has 1 aliphatic carbocycles. The lowest BCUT2D eigenvalue weighted by Crippen LogP contribution is -2.36. The van der Waals surface area contributed by atoms with Crippen LogP contribution in [-0.4, -0.2) is 24.6 Å². The second-order valence-electron chi connectivity index (χ2n) is 2.29. The fourth-order valence-corrected chi connectivity index (χ4v) is 1.63. The topological polar surface area (TPSA) is 83.5 Å². The van der Waals surface area contributed by atoms with Crippen LogP contribution in [0.3, 0.4) is 0 Å². The van der Waals surface area contributed by atoms with Crippen LogP contribution in [0.5, 0.6) is 0 Å². The van der Waals surface area contributed by atoms with Gasteiger partial charge in [0.1, 0.15) is 0 Å². The normalized spacial score (nSPS) is 20.8. The molecule has 0 heterocycles. The Morgan fingerprint density at radius 3 is 2.27 bits per heavy atom. The van der Waals surface area contributed by atoms with Gasteiger partial charge in [-0.1, -0.05) is 0 Å². The zero-order chi connectivity index (χ0) is 8.70. The van der Waals surface area contributed by atoms with Crippen molar-refractivity contribution >= 4 is 16.1 Å². The maximum absolute atomic E-state index is 12.7. The van der Waals surface area contributed by atoms with Gasteiger partial charge in [-0.2, -0.15) is 0 Å². The van der Waals surface area contributed by atoms with Crippen LogP contribution >= 0.6 is 0 Å². The minimum atomic E-state index is -4.30. The first-order valence-electron chi connectivity index (χ1n) is 2.82. The van der Waals surface area contributed by atoms with Crippen molar-refractivity contribution in [2.45, 2.75) is 17.8 Å². The largest absolute Gasteiger partial charge is 0.464 e. The third-order valence-corrected chi connectivity index (χ3v) is 3.16. The van der Waals surface area contributed by atoms with Crippen LogP contribution in [0.1, 0.15) is 12.8 Å². The summed E-state index contributed by atoms with van der Waals surface area (Å²) in [6.07, 6.45) is -2.01. The van der Waals surface area contributed by atoms with Crippen molar-refractivity contribution in [3.8, 4) is 0 Å². The maximum Gasteiger partial charge on any atom is 0.418 e. The lowest BCUT2D eigenvalue weighted by Gasteiger charge is -2.04. The molecule has 0 spiro atoms. The van der Waals surface area contributed by atoms with Crippen LogP contribution in [-0.2, 0) is 10.0 Å². The molecule has 0 aromatic rings. The molecular weight excluding hydrogens is 177 g/mol. The summed E-state index contributed by atoms with van der Waals surface area (Å²) in [6.45, 7) is 0. The zero-order valence-corrected chi connectivity index (χ0v) is 6.19. The average molecular weight is 183 g/mol. The average Bonchev–Trinajstić information content (AvgIpc) is 2.44. The summed E-state index contributed by atoms with van der Waals surface area (Å²) < 4.78 is 35.2. The molecule has 0 bridgehead atoms. The van der Waals surface area contributed by atoms with Gasteiger partial charge in [0.05, 0.1) is 0 Å². The first-order valence-corrected chi connectivity index (χ1v) is 4.30. The van der Waals surface area contributed by atoms with Crippen molar-refractivity contribution in [1.29, 1.82) is 0 Å². The molecule has 0 atom stereocenters. The van der Waals surface area contributed by atoms with Gasteiger partial charge < -0.3 is 5.11 Å². The molecule has 0 aromatic heterocycles. The van der Waals surface area contributed by atoms with Gasteiger partial charge in [-0.15, -0.1) is 0 Å². The van der Waals surface area contributed by atoms with Gasteiger partial charge in [-0.3, -0.25) is 0 Å². The predicted molar refractivity (Wildman–Crippen MR) is 33.2 cm³/mol. The summed E-state index contributed by atoms with van der Waals surface area (Å²) in [5, 5.41) is 5.64. The molecule has 1 rings (SSSR count). The van der Waals surface area contributed by atoms with Gasteiger partial charge in [-0.05, 0) is 0 Å². The molecule has 0 aliphatic heterocycles. The van der Waals surface area contributed by atoms with Gasteiger partial charge >= 0.3 is 6.09 Å². The summed E-state index contributed by atoms with van der Waals surface area (Å²) in [5.74, 6) is 0. The number of alkyl halides is 1. The number of hydrogen-bond donors (Lipinski definition) is 2. The van der Waals surface area contributed by atoms with E-state index in [0.29, 0.717) is 0 Å². The van der Waals surface area contributed by atoms with E-state index in [9.17, 15) is 17.6 Å². The Morgan fingerprint density at radius 1 is 1.55 bits per heavy atom. The van der Waals surface area contributed by atoms with E-state index < -0.39 is 21.1 Å². The summed E-state index contributed by atoms with van der Waals surface area (Å²) in [7, 11) is -4.30. The van der Waals surface area contributed by atoms with Gasteiger partial charge in [-0.25, -0.2) is 22.3 Å². The van der Waals surface area contributed by atoms with Crippen LogP contribution in [0.2, 0.25) is 0 Å². The quantitative estimate of drug-likeness (QED) is 0.633. The Kier molecular flexibility index (Phi) is 1.55. The van der Waals surface area contributed by atoms with E-state index in [4.69, 9.17) is 5.11 Å². The smallest absolute Gasteiger partial charge is 0.418 e. The van der Waals surface area contributed by atoms with Crippen molar-refractivity contribution in [2.75, 3.05) is 0 Å². The standard InChI is InChI=1S/C4H6FNO4S/c5-4(1-2-4)11(9,10)6-3(7)8/h6H,1-2H2,(H,7,8). The third-order valence-electron chi connectivity index (χ3n) is 1.35. The second kappa shape index (κ2) is 2.07. The fraction of sp³-hybridized carbons (Fsp3) is 0.750. The van der Waals surface area contributed by atoms with Crippen molar-refractivity contribution in [3.63, 3.8) is 0 Å². The first-order chi connectivity index (χ1) is 4.87. The van der Waals surface area contributed by atoms with E-state index in [-0.39, 0.29) is 12.8 Å². The number of hydrogen-bond acceptors (Lipinski definition) is 3. The second-order valence-corrected chi connectivity index (χ2v) is 4.24. The molecule has 7 heteroatoms. The molecule has 2 N–H and O–H groups in total. The Labute approximate surface area is 62.3 Å². The minimum Gasteiger partial charge on any atom is -0.464 e. The van der Waals surface area contributed by atoms with Crippen molar-refractivity contribution < 1.29 is 22.7 Å². The fourth-order valence-electron chi connectivity index (χ4n) is 0.573. The van der Waals surface area contributed by atoms with Crippen molar-refractivity contribution in [2.24, 2.45) is 0 Å². The Hall–Kier alpha value is -0.850. The van der Waals surface area contributed by atoms with Crippen LogP contribution in [0.4, 0.5) is 9.18 Å². The molecule has 0 unspecified atom stereocenters. The highest BCUT2D eigenvalue weighted by atomic mass is 32.2. The van der Waals surface area contributed by atoms with Crippen molar-refractivity contribution in [1.82, 2.24) is 4.72 Å². The number of sulfonamides is 1. The minimum absolute atomic E-state index is 0.129. The molecule has 11 heavy (non-hydrogen) atoms. The number of carboxylic acid groups (broad SMARTS) is 1. The van der Waals surface area contributed by atoms with Gasteiger partial charge in [0.25, 0.3) is 10.0 Å². The molecule has 1 amide bonds. The summed E-state index contributed by atoms with van der Waals surface area (Å²) in [6, 6.07) is 0. The summed E-state index contributed by atoms with van der Waals surface area (Å²) in [4.78, 5) is 9.83. The van der Waals surface area contributed by atoms with Gasteiger partial charge in [0.2, 0.25) is 5.00 Å². The van der Waals surface area contributed by atoms with Gasteiger partial charge in [0.15, 0.2) is 0 Å². The van der Waals surface area contributed by atoms with Crippen LogP contribution in [0, 0.1) is 0 Å². The molecule has 64 valence electrons. The van der Waals surface area contributed by atoms with Crippen LogP contribution in [0.15, 0.2) is 0 Å². The Morgan fingerprint density at radius 2 is 2.00 bits per heavy atom. The van der Waals surface area contributed by atoms with Crippen molar-refractivity contribution in [3.05, 3.63) is 0 Å². The van der Waals surface area contributed by atoms with E-state index in [1.807, 2.05) is 0 Å². The molecule has 5 nitrogen and oxygen atoms in total. The molecule has 0 aromatic carbocycles.